The molecule has 0 amide bonds. The minimum absolute atomic E-state index is 0.170. The molecule has 0 aromatic rings. The first kappa shape index (κ1) is 15.0. The summed E-state index contributed by atoms with van der Waals surface area (Å²) in [4.78, 5) is 11.8. The van der Waals surface area contributed by atoms with Gasteiger partial charge in [-0.05, 0) is 31.1 Å². The average molecular weight is 284 g/mol. The molecule has 0 unspecified atom stereocenters. The van der Waals surface area contributed by atoms with E-state index < -0.39 is 19.1 Å². The van der Waals surface area contributed by atoms with Gasteiger partial charge >= 0.3 is 5.97 Å². The third kappa shape index (κ3) is 2.49. The lowest BCUT2D eigenvalue weighted by Crippen LogP contribution is -2.40. The summed E-state index contributed by atoms with van der Waals surface area (Å²) in [6.07, 6.45) is 7.34. The summed E-state index contributed by atoms with van der Waals surface area (Å²) in [6, 6.07) is 0. The maximum atomic E-state index is 11.8. The highest BCUT2D eigenvalue weighted by atomic mass is 28.3. The zero-order chi connectivity index (χ0) is 14.3. The van der Waals surface area contributed by atoms with Crippen molar-refractivity contribution in [2.24, 2.45) is 11.8 Å². The lowest BCUT2D eigenvalue weighted by molar-refractivity contribution is -0.139. The van der Waals surface area contributed by atoms with Crippen LogP contribution in [0.4, 0.5) is 0 Å². The second kappa shape index (κ2) is 5.21. The fraction of sp³-hybridized carbons (Fsp3) is 0.933. The quantitative estimate of drug-likeness (QED) is 0.782. The number of hydrogen-bond acceptors (Lipinski definition) is 2. The van der Waals surface area contributed by atoms with Crippen LogP contribution in [-0.2, 0) is 9.53 Å². The molecule has 0 saturated heterocycles. The molecule has 19 heavy (non-hydrogen) atoms. The van der Waals surface area contributed by atoms with Gasteiger partial charge in [0.05, 0.1) is 19.2 Å². The molecule has 0 aliphatic heterocycles. The SMILES string of the molecule is CO[C@H](C1CCCCC1)[C@@H]1C[C@@]1(C(=O)O)[Si](C)(C)C. The standard InChI is InChI=1S/C15H28O3Si/c1-18-13(11-8-6-5-7-9-11)12-10-15(12,14(16)17)19(2,3)4/h11-13H,5-10H2,1-4H3,(H,16,17)/t12-,13+,15+/m0/s1. The van der Waals surface area contributed by atoms with Crippen molar-refractivity contribution in [3.05, 3.63) is 0 Å². The van der Waals surface area contributed by atoms with Crippen molar-refractivity contribution < 1.29 is 14.6 Å². The molecule has 0 radical (unpaired) electrons. The monoisotopic (exact) mass is 284 g/mol. The Morgan fingerprint density at radius 3 is 2.21 bits per heavy atom. The Balaban J connectivity index is 2.15. The maximum absolute atomic E-state index is 11.8. The largest absolute Gasteiger partial charge is 0.481 e. The van der Waals surface area contributed by atoms with E-state index in [1.807, 2.05) is 0 Å². The Hall–Kier alpha value is -0.353. The second-order valence-electron chi connectivity index (χ2n) is 7.44. The predicted octanol–water partition coefficient (Wildman–Crippen LogP) is 3.76. The fourth-order valence-corrected chi connectivity index (χ4v) is 7.01. The van der Waals surface area contributed by atoms with E-state index in [9.17, 15) is 9.90 Å². The maximum Gasteiger partial charge on any atom is 0.307 e. The van der Waals surface area contributed by atoms with Gasteiger partial charge in [-0.25, -0.2) is 0 Å². The van der Waals surface area contributed by atoms with Gasteiger partial charge < -0.3 is 9.84 Å². The Kier molecular flexibility index (Phi) is 4.12. The minimum Gasteiger partial charge on any atom is -0.481 e. The Bertz CT molecular complexity index is 344. The summed E-state index contributed by atoms with van der Waals surface area (Å²) in [7, 11) is 0.0502. The van der Waals surface area contributed by atoms with Crippen LogP contribution in [0.25, 0.3) is 0 Å². The van der Waals surface area contributed by atoms with Crippen molar-refractivity contribution in [2.45, 2.75) is 69.3 Å². The number of carbonyl (C=O) groups is 1. The molecule has 110 valence electrons. The third-order valence-corrected chi connectivity index (χ3v) is 8.98. The summed E-state index contributed by atoms with van der Waals surface area (Å²) in [5.74, 6) is 0.264. The van der Waals surface area contributed by atoms with Gasteiger partial charge in [-0.3, -0.25) is 4.79 Å². The van der Waals surface area contributed by atoms with Gasteiger partial charge in [0.2, 0.25) is 0 Å². The number of carboxylic acid groups (broad SMARTS) is 1. The van der Waals surface area contributed by atoms with Crippen LogP contribution in [-0.4, -0.2) is 32.4 Å². The number of methoxy groups -OCH3 is 1. The highest BCUT2D eigenvalue weighted by Crippen LogP contribution is 2.68. The van der Waals surface area contributed by atoms with Crippen LogP contribution >= 0.6 is 0 Å². The lowest BCUT2D eigenvalue weighted by atomic mass is 9.83. The van der Waals surface area contributed by atoms with Gasteiger partial charge in [-0.1, -0.05) is 38.9 Å². The summed E-state index contributed by atoms with van der Waals surface area (Å²) in [6.45, 7) is 6.57. The van der Waals surface area contributed by atoms with E-state index in [1.165, 1.54) is 32.1 Å². The van der Waals surface area contributed by atoms with Crippen LogP contribution in [0.3, 0.4) is 0 Å². The summed E-state index contributed by atoms with van der Waals surface area (Å²) >= 11 is 0. The molecule has 2 rings (SSSR count). The number of hydrogen-bond donors (Lipinski definition) is 1. The Labute approximate surface area is 117 Å². The van der Waals surface area contributed by atoms with E-state index in [0.29, 0.717) is 5.92 Å². The van der Waals surface area contributed by atoms with E-state index in [-0.39, 0.29) is 12.0 Å². The third-order valence-electron chi connectivity index (χ3n) is 5.52. The predicted molar refractivity (Wildman–Crippen MR) is 79.2 cm³/mol. The Morgan fingerprint density at radius 1 is 1.26 bits per heavy atom. The average Bonchev–Trinajstić information content (AvgIpc) is 3.07. The Morgan fingerprint density at radius 2 is 1.84 bits per heavy atom. The van der Waals surface area contributed by atoms with Crippen molar-refractivity contribution in [3.63, 3.8) is 0 Å². The van der Waals surface area contributed by atoms with Crippen molar-refractivity contribution in [3.8, 4) is 0 Å². The molecule has 3 atom stereocenters. The molecule has 2 aliphatic rings. The van der Waals surface area contributed by atoms with Gasteiger partial charge in [0.25, 0.3) is 0 Å². The summed E-state index contributed by atoms with van der Waals surface area (Å²) in [5.41, 5.74) is 0. The molecular formula is C15H28O3Si. The van der Waals surface area contributed by atoms with Crippen LogP contribution in [0, 0.1) is 11.8 Å². The van der Waals surface area contributed by atoms with Crippen molar-refractivity contribution in [2.75, 3.05) is 7.11 Å². The van der Waals surface area contributed by atoms with Crippen molar-refractivity contribution in [1.82, 2.24) is 0 Å². The molecule has 3 nitrogen and oxygen atoms in total. The number of aliphatic carboxylic acids is 1. The molecule has 0 aromatic carbocycles. The van der Waals surface area contributed by atoms with Gasteiger partial charge in [-0.2, -0.15) is 0 Å². The zero-order valence-electron chi connectivity index (χ0n) is 12.7. The molecule has 1 N–H and O–H groups in total. The summed E-state index contributed by atoms with van der Waals surface area (Å²) in [5, 5.41) is 9.29. The lowest BCUT2D eigenvalue weighted by Gasteiger charge is -2.33. The van der Waals surface area contributed by atoms with E-state index in [1.54, 1.807) is 7.11 Å². The normalized spacial score (nSPS) is 34.0. The van der Waals surface area contributed by atoms with Gasteiger partial charge in [0.1, 0.15) is 0 Å². The molecule has 2 saturated carbocycles. The van der Waals surface area contributed by atoms with E-state index in [2.05, 4.69) is 19.6 Å². The van der Waals surface area contributed by atoms with Gasteiger partial charge in [0.15, 0.2) is 0 Å². The molecular weight excluding hydrogens is 256 g/mol. The topological polar surface area (TPSA) is 46.5 Å². The van der Waals surface area contributed by atoms with Crippen molar-refractivity contribution in [1.29, 1.82) is 0 Å². The van der Waals surface area contributed by atoms with Crippen LogP contribution in [0.2, 0.25) is 24.7 Å². The highest BCUT2D eigenvalue weighted by molar-refractivity contribution is 6.83. The van der Waals surface area contributed by atoms with Crippen LogP contribution in [0.5, 0.6) is 0 Å². The molecule has 0 spiro atoms. The summed E-state index contributed by atoms with van der Waals surface area (Å²) < 4.78 is 5.77. The van der Waals surface area contributed by atoms with Crippen LogP contribution in [0.15, 0.2) is 0 Å². The molecule has 2 aliphatic carbocycles. The molecule has 4 heteroatoms. The van der Waals surface area contributed by atoms with E-state index >= 15 is 0 Å². The van der Waals surface area contributed by atoms with E-state index in [0.717, 1.165) is 6.42 Å². The molecule has 0 heterocycles. The zero-order valence-corrected chi connectivity index (χ0v) is 13.7. The first-order valence-corrected chi connectivity index (χ1v) is 11.1. The molecule has 0 bridgehead atoms. The van der Waals surface area contributed by atoms with Crippen LogP contribution in [0.1, 0.15) is 38.5 Å². The van der Waals surface area contributed by atoms with Gasteiger partial charge in [-0.15, -0.1) is 0 Å². The fourth-order valence-electron chi connectivity index (χ4n) is 4.26. The van der Waals surface area contributed by atoms with Gasteiger partial charge in [0, 0.05) is 7.11 Å². The van der Waals surface area contributed by atoms with E-state index in [4.69, 9.17) is 4.74 Å². The van der Waals surface area contributed by atoms with Crippen molar-refractivity contribution >= 4 is 14.0 Å². The smallest absolute Gasteiger partial charge is 0.307 e. The highest BCUT2D eigenvalue weighted by Gasteiger charge is 2.70. The second-order valence-corrected chi connectivity index (χ2v) is 12.8. The molecule has 2 fully saturated rings. The first-order valence-electron chi connectivity index (χ1n) is 7.61. The molecule has 0 aromatic heterocycles. The number of ether oxygens (including phenoxy) is 1. The first-order chi connectivity index (χ1) is 8.84. The number of rotatable bonds is 5. The van der Waals surface area contributed by atoms with Crippen LogP contribution < -0.4 is 0 Å². The number of carboxylic acids is 1. The minimum atomic E-state index is -1.72.